The summed E-state index contributed by atoms with van der Waals surface area (Å²) >= 11 is 12.7. The average molecular weight is 404 g/mol. The van der Waals surface area contributed by atoms with Crippen molar-refractivity contribution < 1.29 is 14.3 Å². The van der Waals surface area contributed by atoms with Crippen molar-refractivity contribution in [1.82, 2.24) is 0 Å². The molecule has 2 aromatic carbocycles. The number of esters is 1. The number of halogens is 1. The van der Waals surface area contributed by atoms with Crippen molar-refractivity contribution in [3.8, 4) is 0 Å². The summed E-state index contributed by atoms with van der Waals surface area (Å²) in [6.45, 7) is 2.06. The van der Waals surface area contributed by atoms with Crippen LogP contribution in [-0.4, -0.2) is 22.8 Å². The molecule has 1 heterocycles. The molecule has 0 unspecified atom stereocenters. The van der Waals surface area contributed by atoms with Crippen LogP contribution in [0.15, 0.2) is 53.4 Å². The molecule has 2 aromatic rings. The number of nitrogens with zero attached hydrogens (tertiary/aromatic N) is 1. The molecule has 26 heavy (non-hydrogen) atoms. The Morgan fingerprint density at radius 2 is 1.92 bits per heavy atom. The topological polar surface area (TPSA) is 46.6 Å². The van der Waals surface area contributed by atoms with E-state index < -0.39 is 5.97 Å². The molecule has 0 aromatic heterocycles. The van der Waals surface area contributed by atoms with Gasteiger partial charge in [0.05, 0.1) is 22.8 Å². The lowest BCUT2D eigenvalue weighted by molar-refractivity contribution is -0.113. The molecule has 4 nitrogen and oxygen atoms in total. The largest absolute Gasteiger partial charge is 0.462 e. The zero-order valence-corrected chi connectivity index (χ0v) is 16.2. The van der Waals surface area contributed by atoms with E-state index >= 15 is 0 Å². The van der Waals surface area contributed by atoms with Gasteiger partial charge >= 0.3 is 5.97 Å². The van der Waals surface area contributed by atoms with Gasteiger partial charge in [-0.1, -0.05) is 53.8 Å². The predicted octanol–water partition coefficient (Wildman–Crippen LogP) is 4.92. The van der Waals surface area contributed by atoms with Crippen molar-refractivity contribution in [2.75, 3.05) is 11.5 Å². The minimum absolute atomic E-state index is 0.219. The van der Waals surface area contributed by atoms with Crippen LogP contribution in [0.1, 0.15) is 22.8 Å². The van der Waals surface area contributed by atoms with Crippen LogP contribution < -0.4 is 4.90 Å². The second-order valence-corrected chi connectivity index (χ2v) is 7.39. The molecule has 0 saturated carbocycles. The maximum atomic E-state index is 12.8. The van der Waals surface area contributed by atoms with Gasteiger partial charge in [0.1, 0.15) is 0 Å². The zero-order chi connectivity index (χ0) is 18.7. The average Bonchev–Trinajstić information content (AvgIpc) is 2.91. The fourth-order valence-electron chi connectivity index (χ4n) is 2.38. The number of hydrogen-bond donors (Lipinski definition) is 0. The summed E-state index contributed by atoms with van der Waals surface area (Å²) < 4.78 is 5.39. The van der Waals surface area contributed by atoms with Crippen molar-refractivity contribution >= 4 is 63.5 Å². The van der Waals surface area contributed by atoms with E-state index in [1.54, 1.807) is 43.3 Å². The highest BCUT2D eigenvalue weighted by Gasteiger charge is 2.33. The molecule has 0 spiro atoms. The van der Waals surface area contributed by atoms with Crippen LogP contribution in [-0.2, 0) is 9.53 Å². The Balaban J connectivity index is 1.85. The first kappa shape index (κ1) is 18.6. The van der Waals surface area contributed by atoms with Crippen molar-refractivity contribution in [2.45, 2.75) is 6.92 Å². The maximum absolute atomic E-state index is 12.8. The minimum Gasteiger partial charge on any atom is -0.462 e. The first-order valence-corrected chi connectivity index (χ1v) is 9.41. The Morgan fingerprint density at radius 3 is 2.58 bits per heavy atom. The third kappa shape index (κ3) is 3.82. The van der Waals surface area contributed by atoms with Gasteiger partial charge in [-0.25, -0.2) is 4.79 Å². The zero-order valence-electron chi connectivity index (χ0n) is 13.8. The number of amides is 1. The van der Waals surface area contributed by atoms with Crippen LogP contribution in [0, 0.1) is 0 Å². The molecule has 1 fully saturated rings. The van der Waals surface area contributed by atoms with Gasteiger partial charge in [0.25, 0.3) is 5.91 Å². The van der Waals surface area contributed by atoms with E-state index in [1.807, 2.05) is 18.2 Å². The normalized spacial score (nSPS) is 15.6. The van der Waals surface area contributed by atoms with Crippen molar-refractivity contribution in [1.29, 1.82) is 0 Å². The van der Waals surface area contributed by atoms with Crippen LogP contribution >= 0.6 is 35.6 Å². The first-order chi connectivity index (χ1) is 12.5. The van der Waals surface area contributed by atoms with E-state index in [4.69, 9.17) is 28.6 Å². The number of thiocarbonyl (C=S) groups is 1. The molecular weight excluding hydrogens is 390 g/mol. The molecule has 0 aliphatic carbocycles. The lowest BCUT2D eigenvalue weighted by atomic mass is 10.2. The van der Waals surface area contributed by atoms with Crippen molar-refractivity contribution in [3.05, 3.63) is 69.6 Å². The molecule has 1 saturated heterocycles. The number of ether oxygens (including phenoxy) is 1. The monoisotopic (exact) mass is 403 g/mol. The first-order valence-electron chi connectivity index (χ1n) is 7.81. The van der Waals surface area contributed by atoms with E-state index in [0.717, 1.165) is 5.56 Å². The Kier molecular flexibility index (Phi) is 5.76. The van der Waals surface area contributed by atoms with E-state index in [2.05, 4.69) is 0 Å². The molecule has 1 aliphatic rings. The second-order valence-electron chi connectivity index (χ2n) is 5.31. The standard InChI is InChI=1S/C19H14ClNO3S2/c1-2-24-18(23)12-7-9-14(10-8-12)21-17(22)16(26-19(21)25)11-13-5-3-4-6-15(13)20/h3-11H,2H2,1H3/b16-11+. The molecule has 0 radical (unpaired) electrons. The van der Waals surface area contributed by atoms with Gasteiger partial charge < -0.3 is 4.74 Å². The fourth-order valence-corrected chi connectivity index (χ4v) is 3.86. The quantitative estimate of drug-likeness (QED) is 0.412. The summed E-state index contributed by atoms with van der Waals surface area (Å²) in [5.41, 5.74) is 1.78. The number of benzene rings is 2. The third-order valence-corrected chi connectivity index (χ3v) is 5.27. The van der Waals surface area contributed by atoms with Crippen molar-refractivity contribution in [2.24, 2.45) is 0 Å². The van der Waals surface area contributed by atoms with Gasteiger partial charge in [-0.2, -0.15) is 0 Å². The smallest absolute Gasteiger partial charge is 0.338 e. The number of thioether (sulfide) groups is 1. The second kappa shape index (κ2) is 8.03. The molecular formula is C19H14ClNO3S2. The van der Waals surface area contributed by atoms with Gasteiger partial charge in [0.2, 0.25) is 0 Å². The molecule has 132 valence electrons. The van der Waals surface area contributed by atoms with E-state index in [1.165, 1.54) is 16.7 Å². The molecule has 0 N–H and O–H groups in total. The van der Waals surface area contributed by atoms with Crippen molar-refractivity contribution in [3.63, 3.8) is 0 Å². The Hall–Kier alpha value is -2.15. The van der Waals surface area contributed by atoms with E-state index in [-0.39, 0.29) is 5.91 Å². The molecule has 1 aliphatic heterocycles. The van der Waals surface area contributed by atoms with Crippen LogP contribution in [0.4, 0.5) is 5.69 Å². The van der Waals surface area contributed by atoms with Gasteiger partial charge in [-0.05, 0) is 48.9 Å². The SMILES string of the molecule is CCOC(=O)c1ccc(N2C(=O)/C(=C\c3ccccc3Cl)SC2=S)cc1. The van der Waals surface area contributed by atoms with Crippen LogP contribution in [0.3, 0.4) is 0 Å². The van der Waals surface area contributed by atoms with Crippen LogP contribution in [0.25, 0.3) is 6.08 Å². The Bertz CT molecular complexity index is 909. The van der Waals surface area contributed by atoms with Gasteiger partial charge in [0.15, 0.2) is 4.32 Å². The fraction of sp³-hybridized carbons (Fsp3) is 0.105. The summed E-state index contributed by atoms with van der Waals surface area (Å²) in [6, 6.07) is 13.9. The Labute approximate surface area is 165 Å². The molecule has 0 bridgehead atoms. The number of rotatable bonds is 4. The van der Waals surface area contributed by atoms with Gasteiger partial charge in [-0.15, -0.1) is 0 Å². The summed E-state index contributed by atoms with van der Waals surface area (Å²) in [5, 5.41) is 0.566. The Morgan fingerprint density at radius 1 is 1.23 bits per heavy atom. The van der Waals surface area contributed by atoms with Gasteiger partial charge in [0, 0.05) is 5.02 Å². The van der Waals surface area contributed by atoms with Crippen LogP contribution in [0.5, 0.6) is 0 Å². The summed E-state index contributed by atoms with van der Waals surface area (Å²) in [5.74, 6) is -0.619. The molecule has 7 heteroatoms. The third-order valence-electron chi connectivity index (χ3n) is 3.62. The maximum Gasteiger partial charge on any atom is 0.338 e. The highest BCUT2D eigenvalue weighted by Crippen LogP contribution is 2.36. The van der Waals surface area contributed by atoms with Crippen LogP contribution in [0.2, 0.25) is 5.02 Å². The van der Waals surface area contributed by atoms with E-state index in [9.17, 15) is 9.59 Å². The number of hydrogen-bond acceptors (Lipinski definition) is 5. The van der Waals surface area contributed by atoms with E-state index in [0.29, 0.717) is 32.1 Å². The summed E-state index contributed by atoms with van der Waals surface area (Å²) in [7, 11) is 0. The summed E-state index contributed by atoms with van der Waals surface area (Å²) in [6.07, 6.45) is 1.73. The highest BCUT2D eigenvalue weighted by atomic mass is 35.5. The molecule has 0 atom stereocenters. The lowest BCUT2D eigenvalue weighted by Gasteiger charge is -2.14. The highest BCUT2D eigenvalue weighted by molar-refractivity contribution is 8.27. The predicted molar refractivity (Wildman–Crippen MR) is 110 cm³/mol. The van der Waals surface area contributed by atoms with Gasteiger partial charge in [-0.3, -0.25) is 9.69 Å². The number of anilines is 1. The molecule has 3 rings (SSSR count). The number of carbonyl (C=O) groups excluding carboxylic acids is 2. The summed E-state index contributed by atoms with van der Waals surface area (Å²) in [4.78, 5) is 26.4. The molecule has 1 amide bonds. The lowest BCUT2D eigenvalue weighted by Crippen LogP contribution is -2.27. The minimum atomic E-state index is -0.400. The number of carbonyl (C=O) groups is 2.